The number of hydrogen-bond donors (Lipinski definition) is 1. The Kier molecular flexibility index (Phi) is 5.34. The first-order valence-electron chi connectivity index (χ1n) is 7.24. The maximum Gasteiger partial charge on any atom is 0.247 e. The Balaban J connectivity index is 1.83. The molecule has 0 unspecified atom stereocenters. The highest BCUT2D eigenvalue weighted by atomic mass is 16.1. The molecule has 108 valence electrons. The maximum absolute atomic E-state index is 11.8. The van der Waals surface area contributed by atoms with E-state index in [1.165, 1.54) is 0 Å². The molecule has 1 N–H and O–H groups in total. The second-order valence-corrected chi connectivity index (χ2v) is 5.15. The van der Waals surface area contributed by atoms with Crippen LogP contribution >= 0.6 is 0 Å². The van der Waals surface area contributed by atoms with Gasteiger partial charge in [-0.1, -0.05) is 41.8 Å². The van der Waals surface area contributed by atoms with Crippen LogP contribution in [0.15, 0.2) is 35.9 Å². The lowest BCUT2D eigenvalue weighted by Gasteiger charge is -2.11. The summed E-state index contributed by atoms with van der Waals surface area (Å²) in [5, 5.41) is 2.74. The third kappa shape index (κ3) is 4.61. The Morgan fingerprint density at radius 1 is 1.19 bits per heavy atom. The van der Waals surface area contributed by atoms with Gasteiger partial charge in [-0.25, -0.2) is 0 Å². The van der Waals surface area contributed by atoms with Crippen LogP contribution in [0.3, 0.4) is 0 Å². The van der Waals surface area contributed by atoms with Crippen molar-refractivity contribution < 1.29 is 9.59 Å². The number of carbonyl (C=O) groups excluding carboxylic acids is 2. The molecule has 1 amide bonds. The van der Waals surface area contributed by atoms with Crippen molar-refractivity contribution in [1.29, 1.82) is 0 Å². The van der Waals surface area contributed by atoms with Crippen molar-refractivity contribution in [2.24, 2.45) is 0 Å². The smallest absolute Gasteiger partial charge is 0.247 e. The number of Topliss-reactive ketones (excluding diaryl/α,β-unsaturated/α-hetero) is 1. The molecule has 0 radical (unpaired) electrons. The summed E-state index contributed by atoms with van der Waals surface area (Å²) >= 11 is 0. The lowest BCUT2D eigenvalue weighted by Crippen LogP contribution is -2.26. The molecule has 1 aliphatic rings. The van der Waals surface area contributed by atoms with Crippen molar-refractivity contribution in [1.82, 2.24) is 5.32 Å². The summed E-state index contributed by atoms with van der Waals surface area (Å²) in [5.41, 5.74) is 2.52. The minimum absolute atomic E-state index is 0.0632. The fourth-order valence-corrected chi connectivity index (χ4v) is 2.18. The molecule has 0 spiro atoms. The molecule has 1 aliphatic carbocycles. The predicted octanol–water partition coefficient (Wildman–Crippen LogP) is 2.80. The Morgan fingerprint density at radius 2 is 1.95 bits per heavy atom. The number of rotatable bonds is 3. The van der Waals surface area contributed by atoms with Crippen LogP contribution in [-0.4, -0.2) is 18.2 Å². The van der Waals surface area contributed by atoms with Crippen LogP contribution in [0.25, 0.3) is 0 Å². The molecule has 2 rings (SSSR count). The van der Waals surface area contributed by atoms with E-state index in [9.17, 15) is 9.59 Å². The molecule has 3 heteroatoms. The van der Waals surface area contributed by atoms with Crippen LogP contribution in [0.4, 0.5) is 0 Å². The Bertz CT molecular complexity index is 615. The fraction of sp³-hybridized carbons (Fsp3) is 0.333. The van der Waals surface area contributed by atoms with Gasteiger partial charge in [-0.15, -0.1) is 0 Å². The lowest BCUT2D eigenvalue weighted by molar-refractivity contribution is -0.117. The van der Waals surface area contributed by atoms with Gasteiger partial charge in [0.2, 0.25) is 11.7 Å². The maximum atomic E-state index is 11.8. The van der Waals surface area contributed by atoms with E-state index in [-0.39, 0.29) is 18.2 Å². The molecule has 3 nitrogen and oxygen atoms in total. The number of hydrogen-bond acceptors (Lipinski definition) is 2. The van der Waals surface area contributed by atoms with Crippen LogP contribution in [0.2, 0.25) is 0 Å². The van der Waals surface area contributed by atoms with Crippen molar-refractivity contribution in [2.75, 3.05) is 6.54 Å². The molecule has 0 saturated heterocycles. The number of nitrogens with one attached hydrogen (secondary N) is 1. The molecule has 0 heterocycles. The van der Waals surface area contributed by atoms with Crippen molar-refractivity contribution >= 4 is 11.7 Å². The molecule has 1 aromatic rings. The van der Waals surface area contributed by atoms with Crippen molar-refractivity contribution in [2.45, 2.75) is 32.6 Å². The highest BCUT2D eigenvalue weighted by molar-refractivity contribution is 6.09. The van der Waals surface area contributed by atoms with Gasteiger partial charge in [0.15, 0.2) is 0 Å². The zero-order valence-corrected chi connectivity index (χ0v) is 12.2. The molecule has 0 bridgehead atoms. The van der Waals surface area contributed by atoms with Crippen LogP contribution in [0.1, 0.15) is 41.6 Å². The third-order valence-electron chi connectivity index (χ3n) is 3.44. The molecule has 0 aliphatic heterocycles. The first-order chi connectivity index (χ1) is 10.2. The topological polar surface area (TPSA) is 46.2 Å². The standard InChI is InChI=1S/C18H19NO2/c1-14-9-11-15(12-10-14)17(20)8-5-13-19-18(21)16-6-3-2-4-7-16/h6,9-12H,2-4,7,13H2,1H3,(H,19,21). The molecule has 21 heavy (non-hydrogen) atoms. The number of amides is 1. The SMILES string of the molecule is Cc1ccc(C(=O)C#CCNC(=O)C2=CCCCC2)cc1. The molecule has 0 saturated carbocycles. The van der Waals surface area contributed by atoms with E-state index in [1.807, 2.05) is 25.1 Å². The summed E-state index contributed by atoms with van der Waals surface area (Å²) in [5.74, 6) is 4.98. The molecule has 0 atom stereocenters. The molecule has 0 fully saturated rings. The van der Waals surface area contributed by atoms with Crippen LogP contribution < -0.4 is 5.32 Å². The van der Waals surface area contributed by atoms with Gasteiger partial charge < -0.3 is 5.32 Å². The predicted molar refractivity (Wildman–Crippen MR) is 82.8 cm³/mol. The second-order valence-electron chi connectivity index (χ2n) is 5.15. The fourth-order valence-electron chi connectivity index (χ4n) is 2.18. The number of aryl methyl sites for hydroxylation is 1. The van der Waals surface area contributed by atoms with Crippen molar-refractivity contribution in [3.8, 4) is 11.8 Å². The highest BCUT2D eigenvalue weighted by Gasteiger charge is 2.10. The zero-order chi connectivity index (χ0) is 15.1. The number of ketones is 1. The van der Waals surface area contributed by atoms with Crippen LogP contribution in [0, 0.1) is 18.8 Å². The first-order valence-corrected chi connectivity index (χ1v) is 7.24. The zero-order valence-electron chi connectivity index (χ0n) is 12.2. The number of benzene rings is 1. The van der Waals surface area contributed by atoms with Gasteiger partial charge in [0.1, 0.15) is 0 Å². The monoisotopic (exact) mass is 281 g/mol. The Hall–Kier alpha value is -2.34. The molecular formula is C18H19NO2. The molecule has 0 aromatic heterocycles. The van der Waals surface area contributed by atoms with Crippen LogP contribution in [-0.2, 0) is 4.79 Å². The van der Waals surface area contributed by atoms with Gasteiger partial charge in [-0.05, 0) is 38.5 Å². The summed E-state index contributed by atoms with van der Waals surface area (Å²) in [7, 11) is 0. The van der Waals surface area contributed by atoms with E-state index in [0.29, 0.717) is 5.56 Å². The normalized spacial score (nSPS) is 13.7. The van der Waals surface area contributed by atoms with E-state index in [2.05, 4.69) is 17.2 Å². The van der Waals surface area contributed by atoms with Gasteiger partial charge in [0.25, 0.3) is 0 Å². The van der Waals surface area contributed by atoms with Gasteiger partial charge in [0, 0.05) is 11.1 Å². The van der Waals surface area contributed by atoms with Gasteiger partial charge in [-0.3, -0.25) is 9.59 Å². The summed E-state index contributed by atoms with van der Waals surface area (Å²) in [4.78, 5) is 23.6. The quantitative estimate of drug-likeness (QED) is 0.526. The second kappa shape index (κ2) is 7.44. The number of carbonyl (C=O) groups is 2. The Labute approximate surface area is 125 Å². The van der Waals surface area contributed by atoms with E-state index < -0.39 is 0 Å². The van der Waals surface area contributed by atoms with E-state index in [0.717, 1.165) is 36.8 Å². The average Bonchev–Trinajstić information content (AvgIpc) is 2.52. The van der Waals surface area contributed by atoms with Crippen LogP contribution in [0.5, 0.6) is 0 Å². The minimum Gasteiger partial charge on any atom is -0.341 e. The highest BCUT2D eigenvalue weighted by Crippen LogP contribution is 2.16. The Morgan fingerprint density at radius 3 is 2.62 bits per heavy atom. The van der Waals surface area contributed by atoms with Crippen molar-refractivity contribution in [3.05, 3.63) is 47.0 Å². The summed E-state index contributed by atoms with van der Waals surface area (Å²) in [6.07, 6.45) is 6.02. The molecular weight excluding hydrogens is 262 g/mol. The van der Waals surface area contributed by atoms with E-state index in [4.69, 9.17) is 0 Å². The van der Waals surface area contributed by atoms with Gasteiger partial charge in [0.05, 0.1) is 6.54 Å². The van der Waals surface area contributed by atoms with Gasteiger partial charge >= 0.3 is 0 Å². The largest absolute Gasteiger partial charge is 0.341 e. The summed E-state index contributed by atoms with van der Waals surface area (Å²) < 4.78 is 0. The van der Waals surface area contributed by atoms with E-state index >= 15 is 0 Å². The molecule has 1 aromatic carbocycles. The number of allylic oxidation sites excluding steroid dienone is 1. The summed E-state index contributed by atoms with van der Waals surface area (Å²) in [6.45, 7) is 2.17. The first kappa shape index (κ1) is 15.1. The lowest BCUT2D eigenvalue weighted by atomic mass is 9.99. The van der Waals surface area contributed by atoms with E-state index in [1.54, 1.807) is 12.1 Å². The minimum atomic E-state index is -0.221. The summed E-state index contributed by atoms with van der Waals surface area (Å²) in [6, 6.07) is 7.29. The third-order valence-corrected chi connectivity index (χ3v) is 3.44. The average molecular weight is 281 g/mol. The van der Waals surface area contributed by atoms with Crippen molar-refractivity contribution in [3.63, 3.8) is 0 Å². The van der Waals surface area contributed by atoms with Gasteiger partial charge in [-0.2, -0.15) is 0 Å².